The molecule has 0 saturated heterocycles. The highest BCUT2D eigenvalue weighted by molar-refractivity contribution is 5.52. The minimum atomic E-state index is -0.917. The molecule has 110 valence electrons. The first kappa shape index (κ1) is 14.7. The lowest BCUT2D eigenvalue weighted by Gasteiger charge is -2.29. The number of nitro groups is 1. The molecule has 1 atom stereocenters. The van der Waals surface area contributed by atoms with Gasteiger partial charge in [-0.3, -0.25) is 10.1 Å². The number of benzene rings is 1. The van der Waals surface area contributed by atoms with Crippen molar-refractivity contribution in [2.75, 3.05) is 5.32 Å². The highest BCUT2D eigenvalue weighted by Gasteiger charge is 2.23. The van der Waals surface area contributed by atoms with Crippen LogP contribution in [0, 0.1) is 27.7 Å². The Balaban J connectivity index is 2.14. The summed E-state index contributed by atoms with van der Waals surface area (Å²) in [7, 11) is 0. The van der Waals surface area contributed by atoms with Crippen LogP contribution in [0.3, 0.4) is 0 Å². The van der Waals surface area contributed by atoms with Crippen molar-refractivity contribution in [3.63, 3.8) is 0 Å². The Morgan fingerprint density at radius 1 is 1.25 bits per heavy atom. The van der Waals surface area contributed by atoms with Crippen LogP contribution in [0.5, 0.6) is 0 Å². The van der Waals surface area contributed by atoms with Crippen molar-refractivity contribution in [2.45, 2.75) is 45.1 Å². The second-order valence-electron chi connectivity index (χ2n) is 5.37. The van der Waals surface area contributed by atoms with E-state index in [2.05, 4.69) is 5.32 Å². The summed E-state index contributed by atoms with van der Waals surface area (Å²) in [6.07, 6.45) is 5.59. The van der Waals surface area contributed by atoms with Crippen molar-refractivity contribution in [3.05, 3.63) is 33.9 Å². The predicted octanol–water partition coefficient (Wildman–Crippen LogP) is 4.25. The van der Waals surface area contributed by atoms with Crippen LogP contribution >= 0.6 is 0 Å². The topological polar surface area (TPSA) is 55.2 Å². The zero-order valence-corrected chi connectivity index (χ0v) is 11.4. The summed E-state index contributed by atoms with van der Waals surface area (Å²) in [4.78, 5) is 9.73. The number of hydrogen-bond acceptors (Lipinski definition) is 3. The maximum atomic E-state index is 13.8. The molecule has 1 saturated carbocycles. The Hall–Kier alpha value is -1.72. The molecule has 0 amide bonds. The molecule has 0 radical (unpaired) electrons. The molecule has 1 N–H and O–H groups in total. The van der Waals surface area contributed by atoms with Crippen molar-refractivity contribution in [3.8, 4) is 0 Å². The van der Waals surface area contributed by atoms with E-state index in [9.17, 15) is 18.9 Å². The number of halogens is 2. The molecule has 0 aliphatic heterocycles. The van der Waals surface area contributed by atoms with E-state index in [1.54, 1.807) is 0 Å². The van der Waals surface area contributed by atoms with Crippen LogP contribution in [0.2, 0.25) is 0 Å². The van der Waals surface area contributed by atoms with Gasteiger partial charge in [0.25, 0.3) is 5.69 Å². The van der Waals surface area contributed by atoms with Gasteiger partial charge in [-0.05, 0) is 25.7 Å². The van der Waals surface area contributed by atoms with Gasteiger partial charge in [0.15, 0.2) is 11.6 Å². The lowest BCUT2D eigenvalue weighted by molar-refractivity contribution is -0.385. The van der Waals surface area contributed by atoms with Gasteiger partial charge >= 0.3 is 0 Å². The van der Waals surface area contributed by atoms with Crippen molar-refractivity contribution < 1.29 is 13.7 Å². The van der Waals surface area contributed by atoms with Gasteiger partial charge in [-0.2, -0.15) is 0 Å². The average molecular weight is 284 g/mol. The second-order valence-corrected chi connectivity index (χ2v) is 5.37. The summed E-state index contributed by atoms with van der Waals surface area (Å²) >= 11 is 0. The Morgan fingerprint density at radius 2 is 1.80 bits per heavy atom. The van der Waals surface area contributed by atoms with Crippen molar-refractivity contribution in [2.24, 2.45) is 5.92 Å². The number of hydrogen-bond donors (Lipinski definition) is 1. The summed E-state index contributed by atoms with van der Waals surface area (Å²) in [5, 5.41) is 13.4. The van der Waals surface area contributed by atoms with E-state index in [0.717, 1.165) is 37.8 Å². The molecule has 6 heteroatoms. The van der Waals surface area contributed by atoms with E-state index in [1.807, 2.05) is 6.92 Å². The van der Waals surface area contributed by atoms with Crippen LogP contribution in [0.1, 0.15) is 39.0 Å². The summed E-state index contributed by atoms with van der Waals surface area (Å²) in [5.74, 6) is -1.45. The van der Waals surface area contributed by atoms with Crippen LogP contribution in [0.25, 0.3) is 0 Å². The van der Waals surface area contributed by atoms with Crippen molar-refractivity contribution in [1.82, 2.24) is 0 Å². The zero-order valence-electron chi connectivity index (χ0n) is 11.4. The van der Waals surface area contributed by atoms with E-state index >= 15 is 0 Å². The molecule has 0 heterocycles. The minimum absolute atomic E-state index is 0.0549. The first-order valence-corrected chi connectivity index (χ1v) is 6.89. The summed E-state index contributed by atoms with van der Waals surface area (Å²) in [6.45, 7) is 1.90. The third-order valence-corrected chi connectivity index (χ3v) is 3.97. The Morgan fingerprint density at radius 3 is 2.30 bits per heavy atom. The van der Waals surface area contributed by atoms with Gasteiger partial charge in [0.05, 0.1) is 17.1 Å². The third kappa shape index (κ3) is 3.23. The van der Waals surface area contributed by atoms with Crippen LogP contribution in [0.15, 0.2) is 12.1 Å². The van der Waals surface area contributed by atoms with E-state index in [0.29, 0.717) is 5.92 Å². The molecule has 0 spiro atoms. The minimum Gasteiger partial charge on any atom is -0.378 e. The lowest BCUT2D eigenvalue weighted by atomic mass is 9.84. The van der Waals surface area contributed by atoms with E-state index in [1.165, 1.54) is 6.42 Å². The van der Waals surface area contributed by atoms with Gasteiger partial charge in [-0.25, -0.2) is 8.78 Å². The second kappa shape index (κ2) is 6.15. The summed E-state index contributed by atoms with van der Waals surface area (Å²) in [6, 6.07) is 1.44. The Bertz CT molecular complexity index is 479. The third-order valence-electron chi connectivity index (χ3n) is 3.97. The molecule has 1 aromatic rings. The van der Waals surface area contributed by atoms with Crippen molar-refractivity contribution >= 4 is 11.4 Å². The molecule has 2 rings (SSSR count). The quantitative estimate of drug-likeness (QED) is 0.664. The fraction of sp³-hybridized carbons (Fsp3) is 0.571. The fourth-order valence-corrected chi connectivity index (χ4v) is 2.78. The van der Waals surface area contributed by atoms with Gasteiger partial charge in [0.1, 0.15) is 5.69 Å². The average Bonchev–Trinajstić information content (AvgIpc) is 2.43. The summed E-state index contributed by atoms with van der Waals surface area (Å²) in [5.41, 5.74) is -0.843. The number of nitrogens with zero attached hydrogens (tertiary/aromatic N) is 1. The molecule has 1 aliphatic carbocycles. The molecule has 1 fully saturated rings. The van der Waals surface area contributed by atoms with Crippen molar-refractivity contribution in [1.29, 1.82) is 0 Å². The maximum absolute atomic E-state index is 13.8. The van der Waals surface area contributed by atoms with Crippen LogP contribution in [-0.2, 0) is 0 Å². The summed E-state index contributed by atoms with van der Waals surface area (Å²) < 4.78 is 27.6. The number of anilines is 1. The van der Waals surface area contributed by atoms with E-state index < -0.39 is 22.2 Å². The Kier molecular flexibility index (Phi) is 4.52. The monoisotopic (exact) mass is 284 g/mol. The van der Waals surface area contributed by atoms with Crippen LogP contribution < -0.4 is 5.32 Å². The van der Waals surface area contributed by atoms with Gasteiger partial charge in [0, 0.05) is 6.04 Å². The smallest absolute Gasteiger partial charge is 0.275 e. The predicted molar refractivity (Wildman–Crippen MR) is 72.7 cm³/mol. The number of non-ortho nitro benzene ring substituents is 1. The molecular formula is C14H18F2N2O2. The lowest BCUT2D eigenvalue weighted by Crippen LogP contribution is -2.28. The molecule has 0 aromatic heterocycles. The van der Waals surface area contributed by atoms with Gasteiger partial charge in [0.2, 0.25) is 0 Å². The number of rotatable bonds is 4. The molecule has 1 aromatic carbocycles. The molecular weight excluding hydrogens is 266 g/mol. The maximum Gasteiger partial charge on any atom is 0.275 e. The molecule has 0 bridgehead atoms. The highest BCUT2D eigenvalue weighted by Crippen LogP contribution is 2.30. The SMILES string of the molecule is CC(Nc1c(F)cc([N+](=O)[O-])cc1F)C1CCCCC1. The largest absolute Gasteiger partial charge is 0.378 e. The van der Waals surface area contributed by atoms with Gasteiger partial charge in [-0.1, -0.05) is 19.3 Å². The first-order valence-electron chi connectivity index (χ1n) is 6.89. The highest BCUT2D eigenvalue weighted by atomic mass is 19.1. The normalized spacial score (nSPS) is 17.8. The van der Waals surface area contributed by atoms with Gasteiger partial charge in [-0.15, -0.1) is 0 Å². The van der Waals surface area contributed by atoms with Crippen LogP contribution in [0.4, 0.5) is 20.2 Å². The standard InChI is InChI=1S/C14H18F2N2O2/c1-9(10-5-3-2-4-6-10)17-14-12(15)7-11(18(19)20)8-13(14)16/h7-10,17H,2-6H2,1H3. The molecule has 20 heavy (non-hydrogen) atoms. The number of nitrogens with one attached hydrogen (secondary N) is 1. The van der Waals surface area contributed by atoms with Crippen LogP contribution in [-0.4, -0.2) is 11.0 Å². The van der Waals surface area contributed by atoms with E-state index in [-0.39, 0.29) is 11.7 Å². The Labute approximate surface area is 116 Å². The van der Waals surface area contributed by atoms with Gasteiger partial charge < -0.3 is 5.32 Å². The van der Waals surface area contributed by atoms with E-state index in [4.69, 9.17) is 0 Å². The number of nitro benzene ring substituents is 1. The zero-order chi connectivity index (χ0) is 14.7. The first-order chi connectivity index (χ1) is 9.49. The molecule has 1 aliphatic rings. The molecule has 4 nitrogen and oxygen atoms in total. The fourth-order valence-electron chi connectivity index (χ4n) is 2.78. The molecule has 1 unspecified atom stereocenters.